The molecular weight excluding hydrogens is 420 g/mol. The second-order valence-corrected chi connectivity index (χ2v) is 9.00. The van der Waals surface area contributed by atoms with Crippen LogP contribution in [-0.2, 0) is 19.1 Å². The van der Waals surface area contributed by atoms with E-state index in [1.807, 2.05) is 44.2 Å². The third-order valence-corrected chi connectivity index (χ3v) is 6.81. The number of anilines is 2. The molecule has 2 fully saturated rings. The number of amides is 3. The highest BCUT2D eigenvalue weighted by Gasteiger charge is 2.59. The lowest BCUT2D eigenvalue weighted by molar-refractivity contribution is -0.123. The molecule has 0 radical (unpaired) electrons. The van der Waals surface area contributed by atoms with Crippen molar-refractivity contribution in [3.63, 3.8) is 0 Å². The van der Waals surface area contributed by atoms with Crippen molar-refractivity contribution in [1.29, 1.82) is 0 Å². The zero-order valence-electron chi connectivity index (χ0n) is 18.4. The van der Waals surface area contributed by atoms with E-state index in [0.29, 0.717) is 11.4 Å². The zero-order chi connectivity index (χ0) is 23.3. The lowest BCUT2D eigenvalue weighted by atomic mass is 9.85. The molecular formula is C26H24N2O5. The SMILES string of the molecule is Cc1ccc(C)c(NC(=O)COC(=O)c2cccc(N3C(=O)[C@@H]4[C@@H](C3=O)[C@H]3C=C[C@H]4C3)c2)c1. The fourth-order valence-electron chi connectivity index (χ4n) is 5.20. The number of rotatable bonds is 5. The van der Waals surface area contributed by atoms with Gasteiger partial charge in [-0.2, -0.15) is 0 Å². The minimum atomic E-state index is -0.700. The van der Waals surface area contributed by atoms with Crippen LogP contribution in [-0.4, -0.2) is 30.3 Å². The molecule has 2 aromatic rings. The molecule has 5 rings (SSSR count). The number of allylic oxidation sites excluding steroid dienone is 2. The summed E-state index contributed by atoms with van der Waals surface area (Å²) in [4.78, 5) is 52.0. The fraction of sp³-hybridized carbons (Fsp3) is 0.308. The van der Waals surface area contributed by atoms with E-state index in [4.69, 9.17) is 4.74 Å². The predicted octanol–water partition coefficient (Wildman–Crippen LogP) is 3.41. The van der Waals surface area contributed by atoms with Crippen molar-refractivity contribution in [3.05, 3.63) is 71.3 Å². The number of aryl methyl sites for hydroxylation is 2. The van der Waals surface area contributed by atoms with Gasteiger partial charge >= 0.3 is 5.97 Å². The molecule has 1 saturated heterocycles. The van der Waals surface area contributed by atoms with Gasteiger partial charge in [-0.3, -0.25) is 14.4 Å². The van der Waals surface area contributed by atoms with Crippen molar-refractivity contribution in [1.82, 2.24) is 0 Å². The first-order chi connectivity index (χ1) is 15.8. The number of ether oxygens (including phenoxy) is 1. The molecule has 0 aromatic heterocycles. The highest BCUT2D eigenvalue weighted by Crippen LogP contribution is 2.53. The Morgan fingerprint density at radius 2 is 1.70 bits per heavy atom. The smallest absolute Gasteiger partial charge is 0.338 e. The molecule has 7 heteroatoms. The van der Waals surface area contributed by atoms with Crippen LogP contribution in [0.4, 0.5) is 11.4 Å². The van der Waals surface area contributed by atoms with Crippen molar-refractivity contribution >= 4 is 35.1 Å². The summed E-state index contributed by atoms with van der Waals surface area (Å²) in [6.45, 7) is 3.35. The molecule has 1 saturated carbocycles. The quantitative estimate of drug-likeness (QED) is 0.433. The summed E-state index contributed by atoms with van der Waals surface area (Å²) in [6, 6.07) is 11.9. The van der Waals surface area contributed by atoms with Crippen LogP contribution in [0.3, 0.4) is 0 Å². The van der Waals surface area contributed by atoms with Crippen LogP contribution in [0.15, 0.2) is 54.6 Å². The molecule has 2 aromatic carbocycles. The molecule has 0 unspecified atom stereocenters. The third-order valence-electron chi connectivity index (χ3n) is 6.81. The Bertz CT molecular complexity index is 1190. The summed E-state index contributed by atoms with van der Waals surface area (Å²) in [6.07, 6.45) is 4.94. The molecule has 2 aliphatic carbocycles. The predicted molar refractivity (Wildman–Crippen MR) is 121 cm³/mol. The first-order valence-electron chi connectivity index (χ1n) is 11.0. The van der Waals surface area contributed by atoms with Gasteiger partial charge in [-0.05, 0) is 67.5 Å². The number of hydrogen-bond acceptors (Lipinski definition) is 5. The molecule has 33 heavy (non-hydrogen) atoms. The number of carbonyl (C=O) groups is 4. The zero-order valence-corrected chi connectivity index (χ0v) is 18.4. The van der Waals surface area contributed by atoms with Gasteiger partial charge in [-0.15, -0.1) is 0 Å². The van der Waals surface area contributed by atoms with Gasteiger partial charge in [0.15, 0.2) is 6.61 Å². The molecule has 1 heterocycles. The molecule has 1 aliphatic heterocycles. The summed E-state index contributed by atoms with van der Waals surface area (Å²) in [5, 5.41) is 2.74. The molecule has 3 aliphatic rings. The normalized spacial score (nSPS) is 24.8. The van der Waals surface area contributed by atoms with Crippen molar-refractivity contribution in [2.45, 2.75) is 20.3 Å². The molecule has 168 valence electrons. The standard InChI is InChI=1S/C26H24N2O5/c1-14-6-7-15(2)20(10-14)27-21(29)13-33-26(32)18-4-3-5-19(12-18)28-24(30)22-16-8-9-17(11-16)23(22)25(28)31/h3-10,12,16-17,22-23H,11,13H2,1-2H3,(H,27,29)/t16-,17-,22-,23-/m0/s1. The van der Waals surface area contributed by atoms with Gasteiger partial charge in [-0.1, -0.05) is 30.4 Å². The van der Waals surface area contributed by atoms with Crippen molar-refractivity contribution in [2.24, 2.45) is 23.7 Å². The summed E-state index contributed by atoms with van der Waals surface area (Å²) in [7, 11) is 0. The van der Waals surface area contributed by atoms with Crippen LogP contribution < -0.4 is 10.2 Å². The Labute approximate surface area is 191 Å². The molecule has 1 N–H and O–H groups in total. The number of imide groups is 1. The van der Waals surface area contributed by atoms with E-state index in [1.54, 1.807) is 12.1 Å². The summed E-state index contributed by atoms with van der Waals surface area (Å²) in [5.41, 5.74) is 3.10. The van der Waals surface area contributed by atoms with Gasteiger partial charge in [0.05, 0.1) is 23.1 Å². The summed E-state index contributed by atoms with van der Waals surface area (Å²) >= 11 is 0. The Morgan fingerprint density at radius 3 is 2.39 bits per heavy atom. The third kappa shape index (κ3) is 3.63. The number of hydrogen-bond donors (Lipinski definition) is 1. The number of nitrogens with one attached hydrogen (secondary N) is 1. The minimum absolute atomic E-state index is 0.116. The number of benzene rings is 2. The Hall–Kier alpha value is -3.74. The summed E-state index contributed by atoms with van der Waals surface area (Å²) < 4.78 is 5.17. The maximum Gasteiger partial charge on any atom is 0.338 e. The van der Waals surface area contributed by atoms with Gasteiger partial charge in [0, 0.05) is 5.69 Å². The van der Waals surface area contributed by atoms with Crippen LogP contribution in [0.2, 0.25) is 0 Å². The first-order valence-corrected chi connectivity index (χ1v) is 11.0. The summed E-state index contributed by atoms with van der Waals surface area (Å²) in [5.74, 6) is -1.95. The van der Waals surface area contributed by atoms with Crippen molar-refractivity contribution in [3.8, 4) is 0 Å². The topological polar surface area (TPSA) is 92.8 Å². The molecule has 7 nitrogen and oxygen atoms in total. The van der Waals surface area contributed by atoms with E-state index >= 15 is 0 Å². The first kappa shape index (κ1) is 21.1. The maximum atomic E-state index is 13.0. The largest absolute Gasteiger partial charge is 0.452 e. The van der Waals surface area contributed by atoms with Gasteiger partial charge in [0.1, 0.15) is 0 Å². The monoisotopic (exact) mass is 444 g/mol. The average molecular weight is 444 g/mol. The highest BCUT2D eigenvalue weighted by molar-refractivity contribution is 6.23. The maximum absolute atomic E-state index is 13.0. The minimum Gasteiger partial charge on any atom is -0.452 e. The Morgan fingerprint density at radius 1 is 1.00 bits per heavy atom. The van der Waals surface area contributed by atoms with E-state index in [1.165, 1.54) is 17.0 Å². The average Bonchev–Trinajstić information content (AvgIpc) is 3.48. The number of nitrogens with zero attached hydrogens (tertiary/aromatic N) is 1. The van der Waals surface area contributed by atoms with Gasteiger partial charge < -0.3 is 10.1 Å². The van der Waals surface area contributed by atoms with Crippen LogP contribution in [0.5, 0.6) is 0 Å². The molecule has 3 amide bonds. The Balaban J connectivity index is 1.25. The van der Waals surface area contributed by atoms with E-state index in [9.17, 15) is 19.2 Å². The second kappa shape index (κ2) is 7.99. The van der Waals surface area contributed by atoms with Gasteiger partial charge in [-0.25, -0.2) is 9.69 Å². The van der Waals surface area contributed by atoms with Crippen molar-refractivity contribution in [2.75, 3.05) is 16.8 Å². The second-order valence-electron chi connectivity index (χ2n) is 9.00. The van der Waals surface area contributed by atoms with E-state index in [-0.39, 0.29) is 41.0 Å². The van der Waals surface area contributed by atoms with Gasteiger partial charge in [0.25, 0.3) is 5.91 Å². The molecule has 0 spiro atoms. The molecule has 2 bridgehead atoms. The van der Waals surface area contributed by atoms with Crippen LogP contribution in [0, 0.1) is 37.5 Å². The lowest BCUT2D eigenvalue weighted by Crippen LogP contribution is -2.33. The highest BCUT2D eigenvalue weighted by atomic mass is 16.5. The number of fused-ring (bicyclic) bond motifs is 5. The van der Waals surface area contributed by atoms with Crippen LogP contribution in [0.1, 0.15) is 27.9 Å². The van der Waals surface area contributed by atoms with E-state index in [0.717, 1.165) is 17.5 Å². The lowest BCUT2D eigenvalue weighted by Gasteiger charge is -2.18. The van der Waals surface area contributed by atoms with Gasteiger partial charge in [0.2, 0.25) is 11.8 Å². The van der Waals surface area contributed by atoms with Crippen LogP contribution >= 0.6 is 0 Å². The van der Waals surface area contributed by atoms with E-state index in [2.05, 4.69) is 5.32 Å². The number of esters is 1. The van der Waals surface area contributed by atoms with Crippen molar-refractivity contribution < 1.29 is 23.9 Å². The number of carbonyl (C=O) groups excluding carboxylic acids is 4. The molecule has 4 atom stereocenters. The fourth-order valence-corrected chi connectivity index (χ4v) is 5.20. The van der Waals surface area contributed by atoms with E-state index < -0.39 is 18.5 Å². The Kier molecular flexibility index (Phi) is 5.12. The van der Waals surface area contributed by atoms with Crippen LogP contribution in [0.25, 0.3) is 0 Å².